The molecule has 4 nitrogen and oxygen atoms in total. The molecule has 23 heavy (non-hydrogen) atoms. The molecule has 1 saturated carbocycles. The van der Waals surface area contributed by atoms with E-state index in [1.807, 2.05) is 6.07 Å². The van der Waals surface area contributed by atoms with Gasteiger partial charge in [0, 0.05) is 0 Å². The Morgan fingerprint density at radius 1 is 0.957 bits per heavy atom. The molecule has 0 spiro atoms. The molecule has 0 aliphatic heterocycles. The molecule has 126 valence electrons. The number of benzene rings is 1. The lowest BCUT2D eigenvalue weighted by Gasteiger charge is -2.24. The van der Waals surface area contributed by atoms with Crippen LogP contribution in [0.1, 0.15) is 50.5 Å². The number of ether oxygens (including phenoxy) is 1. The summed E-state index contributed by atoms with van der Waals surface area (Å²) in [5.41, 5.74) is 1.35. The van der Waals surface area contributed by atoms with Crippen molar-refractivity contribution < 1.29 is 19.4 Å². The van der Waals surface area contributed by atoms with E-state index in [-0.39, 0.29) is 17.8 Å². The number of unbranched alkanes of at least 4 members (excludes halogenated alkanes) is 2. The molecule has 1 fully saturated rings. The SMILES string of the molecule is O=C(O)C1CCC(C(=O)OCCCCCc2ccccc2)CC1. The fourth-order valence-corrected chi connectivity index (χ4v) is 3.12. The summed E-state index contributed by atoms with van der Waals surface area (Å²) >= 11 is 0. The lowest BCUT2D eigenvalue weighted by Crippen LogP contribution is -2.27. The molecule has 1 aliphatic carbocycles. The number of carboxylic acid groups (broad SMARTS) is 1. The van der Waals surface area contributed by atoms with Crippen molar-refractivity contribution in [3.05, 3.63) is 35.9 Å². The van der Waals surface area contributed by atoms with Crippen molar-refractivity contribution in [3.8, 4) is 0 Å². The molecular weight excluding hydrogens is 292 g/mol. The van der Waals surface area contributed by atoms with Gasteiger partial charge < -0.3 is 9.84 Å². The van der Waals surface area contributed by atoms with E-state index >= 15 is 0 Å². The minimum Gasteiger partial charge on any atom is -0.481 e. The molecule has 0 heterocycles. The van der Waals surface area contributed by atoms with Gasteiger partial charge >= 0.3 is 11.9 Å². The highest BCUT2D eigenvalue weighted by Gasteiger charge is 2.30. The molecule has 0 saturated heterocycles. The minimum atomic E-state index is -0.741. The van der Waals surface area contributed by atoms with Crippen LogP contribution in [-0.4, -0.2) is 23.7 Å². The number of hydrogen-bond donors (Lipinski definition) is 1. The van der Waals surface area contributed by atoms with Gasteiger partial charge in [-0.3, -0.25) is 9.59 Å². The van der Waals surface area contributed by atoms with Crippen LogP contribution in [0.3, 0.4) is 0 Å². The van der Waals surface area contributed by atoms with Crippen molar-refractivity contribution >= 4 is 11.9 Å². The highest BCUT2D eigenvalue weighted by Crippen LogP contribution is 2.29. The van der Waals surface area contributed by atoms with Gasteiger partial charge in [0.2, 0.25) is 0 Å². The minimum absolute atomic E-state index is 0.102. The molecule has 1 N–H and O–H groups in total. The number of carboxylic acids is 1. The maximum Gasteiger partial charge on any atom is 0.308 e. The van der Waals surface area contributed by atoms with E-state index in [0.29, 0.717) is 32.3 Å². The van der Waals surface area contributed by atoms with Crippen LogP contribution >= 0.6 is 0 Å². The first-order valence-electron chi connectivity index (χ1n) is 8.60. The summed E-state index contributed by atoms with van der Waals surface area (Å²) in [6.45, 7) is 0.479. The Hall–Kier alpha value is -1.84. The number of aliphatic carboxylic acids is 1. The zero-order chi connectivity index (χ0) is 16.5. The molecule has 1 aromatic rings. The van der Waals surface area contributed by atoms with Gasteiger partial charge in [-0.15, -0.1) is 0 Å². The largest absolute Gasteiger partial charge is 0.481 e. The molecule has 0 aromatic heterocycles. The highest BCUT2D eigenvalue weighted by atomic mass is 16.5. The lowest BCUT2D eigenvalue weighted by atomic mass is 9.82. The second kappa shape index (κ2) is 9.33. The summed E-state index contributed by atoms with van der Waals surface area (Å²) in [4.78, 5) is 22.8. The van der Waals surface area contributed by atoms with Crippen LogP contribution in [0.2, 0.25) is 0 Å². The van der Waals surface area contributed by atoms with Crippen molar-refractivity contribution in [1.82, 2.24) is 0 Å². The molecule has 0 amide bonds. The van der Waals surface area contributed by atoms with Crippen LogP contribution in [0.25, 0.3) is 0 Å². The molecule has 0 radical (unpaired) electrons. The standard InChI is InChI=1S/C19H26O4/c20-18(21)16-10-12-17(13-11-16)19(22)23-14-6-2-5-9-15-7-3-1-4-8-15/h1,3-4,7-8,16-17H,2,5-6,9-14H2,(H,20,21). The van der Waals surface area contributed by atoms with Gasteiger partial charge in [-0.25, -0.2) is 0 Å². The van der Waals surface area contributed by atoms with E-state index < -0.39 is 5.97 Å². The Kier molecular flexibility index (Phi) is 7.11. The van der Waals surface area contributed by atoms with Crippen molar-refractivity contribution in [1.29, 1.82) is 0 Å². The Balaban J connectivity index is 1.53. The Morgan fingerprint density at radius 3 is 2.26 bits per heavy atom. The monoisotopic (exact) mass is 318 g/mol. The quantitative estimate of drug-likeness (QED) is 0.584. The number of rotatable bonds is 8. The van der Waals surface area contributed by atoms with Crippen LogP contribution in [0.5, 0.6) is 0 Å². The van der Waals surface area contributed by atoms with Gasteiger partial charge in [0.25, 0.3) is 0 Å². The molecule has 0 atom stereocenters. The number of esters is 1. The predicted octanol–water partition coefficient (Wildman–Crippen LogP) is 3.83. The predicted molar refractivity (Wildman–Crippen MR) is 88.0 cm³/mol. The van der Waals surface area contributed by atoms with Crippen LogP contribution < -0.4 is 0 Å². The Morgan fingerprint density at radius 2 is 1.61 bits per heavy atom. The maximum atomic E-state index is 12.0. The number of hydrogen-bond acceptors (Lipinski definition) is 3. The molecule has 0 bridgehead atoms. The first kappa shape index (κ1) is 17.5. The van der Waals surface area contributed by atoms with Gasteiger partial charge in [0.15, 0.2) is 0 Å². The number of carbonyl (C=O) groups is 2. The van der Waals surface area contributed by atoms with E-state index in [1.54, 1.807) is 0 Å². The second-order valence-corrected chi connectivity index (χ2v) is 6.35. The van der Waals surface area contributed by atoms with Crippen LogP contribution in [0, 0.1) is 11.8 Å². The summed E-state index contributed by atoms with van der Waals surface area (Å²) < 4.78 is 5.34. The van der Waals surface area contributed by atoms with Crippen molar-refractivity contribution in [2.75, 3.05) is 6.61 Å². The first-order chi connectivity index (χ1) is 11.2. The van der Waals surface area contributed by atoms with Gasteiger partial charge in [-0.05, 0) is 56.9 Å². The Labute approximate surface area is 137 Å². The number of carbonyl (C=O) groups excluding carboxylic acids is 1. The summed E-state index contributed by atoms with van der Waals surface area (Å²) in [7, 11) is 0. The van der Waals surface area contributed by atoms with E-state index in [2.05, 4.69) is 24.3 Å². The third-order valence-electron chi connectivity index (χ3n) is 4.61. The molecule has 1 aromatic carbocycles. The molecule has 2 rings (SSSR count). The average molecular weight is 318 g/mol. The fourth-order valence-electron chi connectivity index (χ4n) is 3.12. The van der Waals surface area contributed by atoms with Crippen molar-refractivity contribution in [2.24, 2.45) is 11.8 Å². The summed E-state index contributed by atoms with van der Waals surface area (Å²) in [6.07, 6.45) is 6.57. The zero-order valence-corrected chi connectivity index (χ0v) is 13.6. The average Bonchev–Trinajstić information content (AvgIpc) is 2.58. The zero-order valence-electron chi connectivity index (χ0n) is 13.6. The Bertz CT molecular complexity index is 489. The molecule has 1 aliphatic rings. The van der Waals surface area contributed by atoms with Crippen LogP contribution in [-0.2, 0) is 20.7 Å². The van der Waals surface area contributed by atoms with Gasteiger partial charge in [-0.2, -0.15) is 0 Å². The van der Waals surface area contributed by atoms with Gasteiger partial charge in [0.1, 0.15) is 0 Å². The van der Waals surface area contributed by atoms with Crippen LogP contribution in [0.4, 0.5) is 0 Å². The van der Waals surface area contributed by atoms with Crippen molar-refractivity contribution in [3.63, 3.8) is 0 Å². The third kappa shape index (κ3) is 6.05. The van der Waals surface area contributed by atoms with Crippen LogP contribution in [0.15, 0.2) is 30.3 Å². The van der Waals surface area contributed by atoms with Crippen molar-refractivity contribution in [2.45, 2.75) is 51.4 Å². The maximum absolute atomic E-state index is 12.0. The summed E-state index contributed by atoms with van der Waals surface area (Å²) in [5.74, 6) is -1.26. The summed E-state index contributed by atoms with van der Waals surface area (Å²) in [5, 5.41) is 8.95. The van der Waals surface area contributed by atoms with Gasteiger partial charge in [-0.1, -0.05) is 30.3 Å². The highest BCUT2D eigenvalue weighted by molar-refractivity contribution is 5.74. The van der Waals surface area contributed by atoms with E-state index in [4.69, 9.17) is 9.84 Å². The molecule has 4 heteroatoms. The molecule has 0 unspecified atom stereocenters. The second-order valence-electron chi connectivity index (χ2n) is 6.35. The topological polar surface area (TPSA) is 63.6 Å². The first-order valence-corrected chi connectivity index (χ1v) is 8.60. The normalized spacial score (nSPS) is 20.9. The van der Waals surface area contributed by atoms with E-state index in [1.165, 1.54) is 5.56 Å². The molecular formula is C19H26O4. The number of aryl methyl sites for hydroxylation is 1. The smallest absolute Gasteiger partial charge is 0.308 e. The lowest BCUT2D eigenvalue weighted by molar-refractivity contribution is -0.152. The van der Waals surface area contributed by atoms with E-state index in [0.717, 1.165) is 25.7 Å². The third-order valence-corrected chi connectivity index (χ3v) is 4.61. The van der Waals surface area contributed by atoms with Gasteiger partial charge in [0.05, 0.1) is 18.4 Å². The fraction of sp³-hybridized carbons (Fsp3) is 0.579. The van der Waals surface area contributed by atoms with E-state index in [9.17, 15) is 9.59 Å². The summed E-state index contributed by atoms with van der Waals surface area (Å²) in [6, 6.07) is 10.4.